The summed E-state index contributed by atoms with van der Waals surface area (Å²) in [6, 6.07) is 9.62. The second-order valence-corrected chi connectivity index (χ2v) is 7.20. The SMILES string of the molecule is CCCCC(C)(C)c1cc(C#Cc2ccc(C(=O)O)nc2)ccc1CC. The lowest BCUT2D eigenvalue weighted by atomic mass is 9.77. The zero-order valence-electron chi connectivity index (χ0n) is 16.1. The van der Waals surface area contributed by atoms with Crippen LogP contribution in [-0.4, -0.2) is 16.1 Å². The molecule has 3 heteroatoms. The molecule has 0 bridgehead atoms. The molecular weight excluding hydrogens is 322 g/mol. The third-order valence-corrected chi connectivity index (χ3v) is 4.71. The number of hydrogen-bond donors (Lipinski definition) is 1. The molecule has 0 aliphatic carbocycles. The summed E-state index contributed by atoms with van der Waals surface area (Å²) in [4.78, 5) is 14.8. The van der Waals surface area contributed by atoms with E-state index < -0.39 is 5.97 Å². The van der Waals surface area contributed by atoms with Gasteiger partial charge in [0, 0.05) is 17.3 Å². The first-order valence-corrected chi connectivity index (χ1v) is 9.22. The van der Waals surface area contributed by atoms with Gasteiger partial charge in [0.25, 0.3) is 0 Å². The first-order valence-electron chi connectivity index (χ1n) is 9.22. The summed E-state index contributed by atoms with van der Waals surface area (Å²) in [5.74, 6) is 5.24. The van der Waals surface area contributed by atoms with Crippen molar-refractivity contribution in [2.24, 2.45) is 0 Å². The minimum absolute atomic E-state index is 0.0304. The number of carboxylic acids is 1. The highest BCUT2D eigenvalue weighted by Crippen LogP contribution is 2.32. The lowest BCUT2D eigenvalue weighted by Crippen LogP contribution is -2.19. The van der Waals surface area contributed by atoms with Crippen molar-refractivity contribution in [1.82, 2.24) is 4.98 Å². The summed E-state index contributed by atoms with van der Waals surface area (Å²) in [7, 11) is 0. The molecule has 0 amide bonds. The molecule has 3 nitrogen and oxygen atoms in total. The van der Waals surface area contributed by atoms with Crippen molar-refractivity contribution in [3.05, 3.63) is 64.5 Å². The van der Waals surface area contributed by atoms with E-state index in [9.17, 15) is 4.79 Å². The van der Waals surface area contributed by atoms with E-state index in [1.165, 1.54) is 36.2 Å². The highest BCUT2D eigenvalue weighted by molar-refractivity contribution is 5.85. The molecule has 1 aromatic heterocycles. The molecule has 2 rings (SSSR count). The number of nitrogens with zero attached hydrogens (tertiary/aromatic N) is 1. The predicted octanol–water partition coefficient (Wildman–Crippen LogP) is 5.21. The van der Waals surface area contributed by atoms with Crippen molar-refractivity contribution >= 4 is 5.97 Å². The van der Waals surface area contributed by atoms with E-state index in [2.05, 4.69) is 62.7 Å². The zero-order valence-corrected chi connectivity index (χ0v) is 16.1. The van der Waals surface area contributed by atoms with Crippen molar-refractivity contribution in [3.63, 3.8) is 0 Å². The van der Waals surface area contributed by atoms with Crippen LogP contribution in [0.5, 0.6) is 0 Å². The molecule has 0 radical (unpaired) electrons. The molecule has 26 heavy (non-hydrogen) atoms. The van der Waals surface area contributed by atoms with Gasteiger partial charge in [-0.05, 0) is 53.6 Å². The van der Waals surface area contributed by atoms with Crippen molar-refractivity contribution in [1.29, 1.82) is 0 Å². The Kier molecular flexibility index (Phi) is 6.58. The molecule has 0 saturated heterocycles. The number of aromatic carboxylic acids is 1. The number of hydrogen-bond acceptors (Lipinski definition) is 2. The summed E-state index contributed by atoms with van der Waals surface area (Å²) in [6.07, 6.45) is 6.09. The number of benzene rings is 1. The highest BCUT2D eigenvalue weighted by atomic mass is 16.4. The molecule has 1 N–H and O–H groups in total. The monoisotopic (exact) mass is 349 g/mol. The lowest BCUT2D eigenvalue weighted by Gasteiger charge is -2.28. The first-order chi connectivity index (χ1) is 12.4. The third-order valence-electron chi connectivity index (χ3n) is 4.71. The van der Waals surface area contributed by atoms with E-state index in [0.717, 1.165) is 18.4 Å². The van der Waals surface area contributed by atoms with Crippen molar-refractivity contribution in [2.75, 3.05) is 0 Å². The molecular formula is C23H27NO2. The largest absolute Gasteiger partial charge is 0.477 e. The maximum Gasteiger partial charge on any atom is 0.354 e. The van der Waals surface area contributed by atoms with Crippen LogP contribution < -0.4 is 0 Å². The van der Waals surface area contributed by atoms with Crippen LogP contribution >= 0.6 is 0 Å². The summed E-state index contributed by atoms with van der Waals surface area (Å²) in [6.45, 7) is 9.03. The van der Waals surface area contributed by atoms with Crippen LogP contribution in [0.25, 0.3) is 0 Å². The Morgan fingerprint density at radius 3 is 2.38 bits per heavy atom. The average Bonchev–Trinajstić information content (AvgIpc) is 2.64. The molecule has 0 spiro atoms. The number of carboxylic acid groups (broad SMARTS) is 1. The van der Waals surface area contributed by atoms with Gasteiger partial charge in [0.1, 0.15) is 5.69 Å². The number of aromatic nitrogens is 1. The number of rotatable bonds is 6. The van der Waals surface area contributed by atoms with Gasteiger partial charge >= 0.3 is 5.97 Å². The van der Waals surface area contributed by atoms with Crippen LogP contribution in [-0.2, 0) is 11.8 Å². The van der Waals surface area contributed by atoms with Gasteiger partial charge in [-0.15, -0.1) is 0 Å². The van der Waals surface area contributed by atoms with Gasteiger partial charge in [0.2, 0.25) is 0 Å². The summed E-state index contributed by atoms with van der Waals surface area (Å²) in [5, 5.41) is 8.90. The van der Waals surface area contributed by atoms with Gasteiger partial charge in [-0.1, -0.05) is 58.4 Å². The molecule has 0 unspecified atom stereocenters. The minimum atomic E-state index is -1.03. The summed E-state index contributed by atoms with van der Waals surface area (Å²) >= 11 is 0. The number of aryl methyl sites for hydroxylation is 1. The molecule has 0 atom stereocenters. The van der Waals surface area contributed by atoms with Gasteiger partial charge < -0.3 is 5.11 Å². The van der Waals surface area contributed by atoms with Gasteiger partial charge in [0.05, 0.1) is 0 Å². The zero-order chi connectivity index (χ0) is 19.2. The molecule has 0 aliphatic heterocycles. The maximum atomic E-state index is 10.9. The molecule has 136 valence electrons. The normalized spacial score (nSPS) is 10.9. The molecule has 2 aromatic rings. The van der Waals surface area contributed by atoms with Gasteiger partial charge in [-0.25, -0.2) is 9.78 Å². The maximum absolute atomic E-state index is 10.9. The molecule has 1 aromatic carbocycles. The van der Waals surface area contributed by atoms with Gasteiger partial charge in [-0.2, -0.15) is 0 Å². The Morgan fingerprint density at radius 1 is 1.12 bits per heavy atom. The van der Waals surface area contributed by atoms with E-state index in [1.807, 2.05) is 0 Å². The fourth-order valence-electron chi connectivity index (χ4n) is 3.08. The van der Waals surface area contributed by atoms with E-state index in [0.29, 0.717) is 5.56 Å². The van der Waals surface area contributed by atoms with E-state index >= 15 is 0 Å². The predicted molar refractivity (Wildman–Crippen MR) is 106 cm³/mol. The smallest absolute Gasteiger partial charge is 0.354 e. The van der Waals surface area contributed by atoms with E-state index in [4.69, 9.17) is 5.11 Å². The summed E-state index contributed by atoms with van der Waals surface area (Å²) < 4.78 is 0. The van der Waals surface area contributed by atoms with Crippen LogP contribution in [0.3, 0.4) is 0 Å². The number of unbranched alkanes of at least 4 members (excludes halogenated alkanes) is 1. The van der Waals surface area contributed by atoms with Crippen molar-refractivity contribution < 1.29 is 9.90 Å². The summed E-state index contributed by atoms with van der Waals surface area (Å²) in [5.41, 5.74) is 4.60. The van der Waals surface area contributed by atoms with Gasteiger partial charge in [0.15, 0.2) is 0 Å². The highest BCUT2D eigenvalue weighted by Gasteiger charge is 2.22. The molecule has 1 heterocycles. The minimum Gasteiger partial charge on any atom is -0.477 e. The van der Waals surface area contributed by atoms with Crippen LogP contribution in [0, 0.1) is 11.8 Å². The Morgan fingerprint density at radius 2 is 1.81 bits per heavy atom. The fraction of sp³-hybridized carbons (Fsp3) is 0.391. The van der Waals surface area contributed by atoms with Crippen molar-refractivity contribution in [3.8, 4) is 11.8 Å². The van der Waals surface area contributed by atoms with E-state index in [-0.39, 0.29) is 11.1 Å². The van der Waals surface area contributed by atoms with Crippen LogP contribution in [0.15, 0.2) is 36.5 Å². The Labute approximate surface area is 156 Å². The Hall–Kier alpha value is -2.60. The Balaban J connectivity index is 2.31. The topological polar surface area (TPSA) is 50.2 Å². The number of pyridine rings is 1. The lowest BCUT2D eigenvalue weighted by molar-refractivity contribution is 0.0690. The second kappa shape index (κ2) is 8.67. The number of carbonyl (C=O) groups is 1. The quantitative estimate of drug-likeness (QED) is 0.728. The first kappa shape index (κ1) is 19.7. The average molecular weight is 349 g/mol. The molecule has 0 fully saturated rings. The third kappa shape index (κ3) is 4.95. The van der Waals surface area contributed by atoms with Gasteiger partial charge in [-0.3, -0.25) is 0 Å². The van der Waals surface area contributed by atoms with Crippen molar-refractivity contribution in [2.45, 2.75) is 58.8 Å². The fourth-order valence-corrected chi connectivity index (χ4v) is 3.08. The van der Waals surface area contributed by atoms with Crippen LogP contribution in [0.4, 0.5) is 0 Å². The standard InChI is InChI=1S/C23H27NO2/c1-5-7-14-23(3,4)20-15-17(10-12-19(20)6-2)8-9-18-11-13-21(22(25)26)24-16-18/h10-13,15-16H,5-7,14H2,1-4H3,(H,25,26). The second-order valence-electron chi connectivity index (χ2n) is 7.20. The molecule has 0 saturated carbocycles. The Bertz CT molecular complexity index is 824. The van der Waals surface area contributed by atoms with E-state index in [1.54, 1.807) is 6.07 Å². The molecule has 0 aliphatic rings. The van der Waals surface area contributed by atoms with Crippen LogP contribution in [0.1, 0.15) is 79.7 Å². The van der Waals surface area contributed by atoms with Crippen LogP contribution in [0.2, 0.25) is 0 Å².